The van der Waals surface area contributed by atoms with Gasteiger partial charge >= 0.3 is 6.09 Å². The summed E-state index contributed by atoms with van der Waals surface area (Å²) in [7, 11) is 0. The monoisotopic (exact) mass is 297 g/mol. The molecule has 1 amide bonds. The topological polar surface area (TPSA) is 54.5 Å². The van der Waals surface area contributed by atoms with Gasteiger partial charge in [0.1, 0.15) is 0 Å². The van der Waals surface area contributed by atoms with Gasteiger partial charge < -0.3 is 15.0 Å². The predicted octanol–water partition coefficient (Wildman–Crippen LogP) is 2.72. The van der Waals surface area contributed by atoms with Crippen molar-refractivity contribution in [1.29, 1.82) is 0 Å². The molecule has 1 unspecified atom stereocenters. The highest BCUT2D eigenvalue weighted by Crippen LogP contribution is 2.23. The van der Waals surface area contributed by atoms with Gasteiger partial charge in [0, 0.05) is 30.1 Å². The molecule has 2 heterocycles. The molecule has 0 bridgehead atoms. The molecule has 1 aromatic rings. The summed E-state index contributed by atoms with van der Waals surface area (Å²) >= 11 is 1.70. The van der Waals surface area contributed by atoms with E-state index in [9.17, 15) is 4.79 Å². The SMILES string of the molecule is CCOC(=O)N1CCC(NC(C)c2scnc2C)CC1. The van der Waals surface area contributed by atoms with Crippen molar-refractivity contribution >= 4 is 17.4 Å². The number of nitrogens with zero attached hydrogens (tertiary/aromatic N) is 2. The normalized spacial score (nSPS) is 18.1. The van der Waals surface area contributed by atoms with Crippen molar-refractivity contribution < 1.29 is 9.53 Å². The second kappa shape index (κ2) is 7.04. The maximum atomic E-state index is 11.6. The summed E-state index contributed by atoms with van der Waals surface area (Å²) < 4.78 is 5.03. The number of hydrogen-bond acceptors (Lipinski definition) is 5. The van der Waals surface area contributed by atoms with E-state index in [4.69, 9.17) is 4.74 Å². The summed E-state index contributed by atoms with van der Waals surface area (Å²) in [4.78, 5) is 19.0. The Morgan fingerprint density at radius 3 is 2.85 bits per heavy atom. The number of aryl methyl sites for hydroxylation is 1. The first kappa shape index (κ1) is 15.3. The minimum absolute atomic E-state index is 0.183. The van der Waals surface area contributed by atoms with Crippen molar-refractivity contribution in [3.05, 3.63) is 16.1 Å². The number of nitrogens with one attached hydrogen (secondary N) is 1. The van der Waals surface area contributed by atoms with Gasteiger partial charge in [0.2, 0.25) is 0 Å². The maximum absolute atomic E-state index is 11.6. The Hall–Kier alpha value is -1.14. The van der Waals surface area contributed by atoms with Crippen LogP contribution in [0, 0.1) is 6.92 Å². The molecule has 1 aromatic heterocycles. The molecule has 1 fully saturated rings. The summed E-state index contributed by atoms with van der Waals surface area (Å²) in [6.07, 6.45) is 1.76. The third kappa shape index (κ3) is 3.70. The van der Waals surface area contributed by atoms with E-state index in [1.54, 1.807) is 16.2 Å². The molecule has 20 heavy (non-hydrogen) atoms. The number of piperidine rings is 1. The minimum atomic E-state index is -0.183. The molecule has 1 aliphatic rings. The van der Waals surface area contributed by atoms with Gasteiger partial charge in [-0.1, -0.05) is 0 Å². The van der Waals surface area contributed by atoms with Gasteiger partial charge in [-0.25, -0.2) is 9.78 Å². The average Bonchev–Trinajstić information content (AvgIpc) is 2.86. The molecule has 5 nitrogen and oxygen atoms in total. The van der Waals surface area contributed by atoms with Crippen LogP contribution in [0.5, 0.6) is 0 Å². The third-order valence-electron chi connectivity index (χ3n) is 3.68. The van der Waals surface area contributed by atoms with Gasteiger partial charge in [0.15, 0.2) is 0 Å². The lowest BCUT2D eigenvalue weighted by Gasteiger charge is -2.33. The lowest BCUT2D eigenvalue weighted by atomic mass is 10.0. The van der Waals surface area contributed by atoms with Crippen molar-refractivity contribution in [2.75, 3.05) is 19.7 Å². The molecular formula is C14H23N3O2S. The van der Waals surface area contributed by atoms with Crippen molar-refractivity contribution in [1.82, 2.24) is 15.2 Å². The number of rotatable bonds is 4. The molecule has 0 radical (unpaired) electrons. The second-order valence-electron chi connectivity index (χ2n) is 5.15. The molecule has 0 spiro atoms. The first-order chi connectivity index (χ1) is 9.61. The van der Waals surface area contributed by atoms with E-state index >= 15 is 0 Å². The number of carbonyl (C=O) groups is 1. The molecule has 0 saturated carbocycles. The number of ether oxygens (including phenoxy) is 1. The van der Waals surface area contributed by atoms with Gasteiger partial charge in [-0.05, 0) is 33.6 Å². The fourth-order valence-electron chi connectivity index (χ4n) is 2.60. The van der Waals surface area contributed by atoms with Crippen LogP contribution < -0.4 is 5.32 Å². The van der Waals surface area contributed by atoms with E-state index in [-0.39, 0.29) is 6.09 Å². The Kier molecular flexibility index (Phi) is 5.37. The van der Waals surface area contributed by atoms with Crippen molar-refractivity contribution in [3.8, 4) is 0 Å². The Morgan fingerprint density at radius 1 is 1.60 bits per heavy atom. The summed E-state index contributed by atoms with van der Waals surface area (Å²) in [6, 6.07) is 0.777. The fourth-order valence-corrected chi connectivity index (χ4v) is 3.42. The van der Waals surface area contributed by atoms with Crippen LogP contribution in [0.4, 0.5) is 4.79 Å². The van der Waals surface area contributed by atoms with Gasteiger partial charge in [-0.3, -0.25) is 0 Å². The molecule has 1 N–H and O–H groups in total. The van der Waals surface area contributed by atoms with E-state index in [0.29, 0.717) is 18.7 Å². The number of amides is 1. The maximum Gasteiger partial charge on any atom is 0.409 e. The van der Waals surface area contributed by atoms with Crippen LogP contribution in [0.3, 0.4) is 0 Å². The Labute approximate surface area is 124 Å². The zero-order chi connectivity index (χ0) is 14.5. The molecule has 1 atom stereocenters. The lowest BCUT2D eigenvalue weighted by molar-refractivity contribution is 0.0944. The number of carbonyl (C=O) groups excluding carboxylic acids is 1. The molecule has 0 aromatic carbocycles. The average molecular weight is 297 g/mol. The van der Waals surface area contributed by atoms with Gasteiger partial charge in [0.25, 0.3) is 0 Å². The summed E-state index contributed by atoms with van der Waals surface area (Å²) in [5.41, 5.74) is 3.01. The number of aromatic nitrogens is 1. The Morgan fingerprint density at radius 2 is 2.30 bits per heavy atom. The Bertz CT molecular complexity index is 441. The standard InChI is InChI=1S/C14H23N3O2S/c1-4-19-14(18)17-7-5-12(6-8-17)16-11(3)13-10(2)15-9-20-13/h9,11-12,16H,4-8H2,1-3H3. The highest BCUT2D eigenvalue weighted by Gasteiger charge is 2.25. The highest BCUT2D eigenvalue weighted by molar-refractivity contribution is 7.09. The Balaban J connectivity index is 1.80. The van der Waals surface area contributed by atoms with E-state index in [0.717, 1.165) is 31.6 Å². The first-order valence-electron chi connectivity index (χ1n) is 7.19. The fraction of sp³-hybridized carbons (Fsp3) is 0.714. The van der Waals surface area contributed by atoms with Gasteiger partial charge in [-0.2, -0.15) is 0 Å². The summed E-state index contributed by atoms with van der Waals surface area (Å²) in [6.45, 7) is 8.05. The largest absolute Gasteiger partial charge is 0.450 e. The molecule has 6 heteroatoms. The van der Waals surface area contributed by atoms with Crippen molar-refractivity contribution in [2.24, 2.45) is 0 Å². The smallest absolute Gasteiger partial charge is 0.409 e. The molecule has 112 valence electrons. The molecule has 0 aliphatic carbocycles. The molecule has 1 aliphatic heterocycles. The lowest BCUT2D eigenvalue weighted by Crippen LogP contribution is -2.45. The molecule has 2 rings (SSSR count). The van der Waals surface area contributed by atoms with E-state index < -0.39 is 0 Å². The number of hydrogen-bond donors (Lipinski definition) is 1. The van der Waals surface area contributed by atoms with Gasteiger partial charge in [0.05, 0.1) is 17.8 Å². The van der Waals surface area contributed by atoms with Crippen LogP contribution in [0.2, 0.25) is 0 Å². The quantitative estimate of drug-likeness (QED) is 0.928. The third-order valence-corrected chi connectivity index (χ3v) is 4.80. The van der Waals surface area contributed by atoms with Crippen molar-refractivity contribution in [2.45, 2.75) is 45.7 Å². The van der Waals surface area contributed by atoms with Gasteiger partial charge in [-0.15, -0.1) is 11.3 Å². The zero-order valence-corrected chi connectivity index (χ0v) is 13.2. The molecular weight excluding hydrogens is 274 g/mol. The van der Waals surface area contributed by atoms with Crippen LogP contribution in [0.25, 0.3) is 0 Å². The second-order valence-corrected chi connectivity index (χ2v) is 6.04. The van der Waals surface area contributed by atoms with Crippen LogP contribution in [-0.4, -0.2) is 41.7 Å². The van der Waals surface area contributed by atoms with Crippen LogP contribution >= 0.6 is 11.3 Å². The first-order valence-corrected chi connectivity index (χ1v) is 8.07. The summed E-state index contributed by atoms with van der Waals surface area (Å²) in [5, 5.41) is 3.65. The predicted molar refractivity (Wildman–Crippen MR) is 80.0 cm³/mol. The zero-order valence-electron chi connectivity index (χ0n) is 12.4. The van der Waals surface area contributed by atoms with Crippen LogP contribution in [-0.2, 0) is 4.74 Å². The minimum Gasteiger partial charge on any atom is -0.450 e. The van der Waals surface area contributed by atoms with Crippen LogP contribution in [0.15, 0.2) is 5.51 Å². The van der Waals surface area contributed by atoms with E-state index in [2.05, 4.69) is 17.2 Å². The van der Waals surface area contributed by atoms with E-state index in [1.165, 1.54) is 4.88 Å². The number of thiazole rings is 1. The van der Waals surface area contributed by atoms with Crippen molar-refractivity contribution in [3.63, 3.8) is 0 Å². The van der Waals surface area contributed by atoms with Crippen LogP contribution in [0.1, 0.15) is 43.3 Å². The van der Waals surface area contributed by atoms with E-state index in [1.807, 2.05) is 19.4 Å². The highest BCUT2D eigenvalue weighted by atomic mass is 32.1. The summed E-state index contributed by atoms with van der Waals surface area (Å²) in [5.74, 6) is 0. The number of likely N-dealkylation sites (tertiary alicyclic amines) is 1. The molecule has 1 saturated heterocycles.